The lowest BCUT2D eigenvalue weighted by atomic mass is 10.2. The average Bonchev–Trinajstić information content (AvgIpc) is 2.76. The Labute approximate surface area is 187 Å². The molecular formula is C22H27FN2O6S. The van der Waals surface area contributed by atoms with Gasteiger partial charge in [0.1, 0.15) is 11.6 Å². The number of rotatable bonds is 11. The third-order valence-corrected chi connectivity index (χ3v) is 6.52. The highest BCUT2D eigenvalue weighted by Crippen LogP contribution is 2.33. The summed E-state index contributed by atoms with van der Waals surface area (Å²) in [5.74, 6) is -0.999. The smallest absolute Gasteiger partial charge is 0.306 e. The second kappa shape index (κ2) is 11.6. The lowest BCUT2D eigenvalue weighted by molar-refractivity contribution is -0.144. The van der Waals surface area contributed by atoms with Gasteiger partial charge in [-0.1, -0.05) is 13.8 Å². The molecule has 0 bridgehead atoms. The van der Waals surface area contributed by atoms with Crippen LogP contribution in [0.3, 0.4) is 0 Å². The number of hydrogen-bond donors (Lipinski definition) is 1. The third-order valence-electron chi connectivity index (χ3n) is 4.47. The van der Waals surface area contributed by atoms with E-state index < -0.39 is 27.7 Å². The van der Waals surface area contributed by atoms with Crippen LogP contribution in [0.2, 0.25) is 0 Å². The van der Waals surface area contributed by atoms with Crippen LogP contribution in [0.15, 0.2) is 47.4 Å². The molecule has 0 spiro atoms. The van der Waals surface area contributed by atoms with Crippen LogP contribution in [0.4, 0.5) is 10.1 Å². The number of nitrogens with zero attached hydrogens (tertiary/aromatic N) is 1. The third kappa shape index (κ3) is 6.76. The number of hydrogen-bond acceptors (Lipinski definition) is 6. The highest BCUT2D eigenvalue weighted by molar-refractivity contribution is 7.89. The van der Waals surface area contributed by atoms with E-state index in [0.717, 1.165) is 0 Å². The second-order valence-corrected chi connectivity index (χ2v) is 8.59. The van der Waals surface area contributed by atoms with Crippen molar-refractivity contribution in [2.45, 2.75) is 38.5 Å². The number of esters is 1. The molecule has 0 aromatic heterocycles. The molecule has 0 atom stereocenters. The maximum absolute atomic E-state index is 13.2. The number of nitrogens with one attached hydrogen (secondary N) is 1. The van der Waals surface area contributed by atoms with Crippen LogP contribution in [0.25, 0.3) is 0 Å². The first-order valence-electron chi connectivity index (χ1n) is 10.2. The summed E-state index contributed by atoms with van der Waals surface area (Å²) in [5.41, 5.74) is 0.108. The van der Waals surface area contributed by atoms with E-state index in [-0.39, 0.29) is 48.9 Å². The number of carbonyl (C=O) groups excluding carboxylic acids is 2. The van der Waals surface area contributed by atoms with Crippen molar-refractivity contribution in [3.8, 4) is 11.5 Å². The van der Waals surface area contributed by atoms with Gasteiger partial charge < -0.3 is 14.8 Å². The predicted molar refractivity (Wildman–Crippen MR) is 118 cm³/mol. The summed E-state index contributed by atoms with van der Waals surface area (Å²) >= 11 is 0. The van der Waals surface area contributed by atoms with Gasteiger partial charge in [-0.25, -0.2) is 12.8 Å². The van der Waals surface area contributed by atoms with Crippen LogP contribution in [-0.4, -0.2) is 44.3 Å². The average molecular weight is 467 g/mol. The molecule has 0 heterocycles. The van der Waals surface area contributed by atoms with Crippen molar-refractivity contribution >= 4 is 27.6 Å². The molecule has 1 N–H and O–H groups in total. The Balaban J connectivity index is 2.35. The number of carbonyl (C=O) groups is 2. The molecule has 0 aliphatic carbocycles. The molecule has 0 aliphatic rings. The van der Waals surface area contributed by atoms with Crippen LogP contribution in [0.1, 0.15) is 33.6 Å². The molecule has 1 amide bonds. The standard InChI is InChI=1S/C22H27FN2O6S/c1-4-25(5-2)32(28,29)18-11-12-20(31-17-9-7-16(23)8-10-17)19(15-18)24-21(26)13-14-22(27)30-6-3/h7-12,15H,4-6,13-14H2,1-3H3,(H,24,26). The molecule has 10 heteroatoms. The fraction of sp³-hybridized carbons (Fsp3) is 0.364. The fourth-order valence-electron chi connectivity index (χ4n) is 2.86. The number of halogens is 1. The Morgan fingerprint density at radius 1 is 1.00 bits per heavy atom. The zero-order valence-electron chi connectivity index (χ0n) is 18.3. The first-order chi connectivity index (χ1) is 15.2. The molecule has 174 valence electrons. The zero-order valence-corrected chi connectivity index (χ0v) is 19.1. The molecule has 0 radical (unpaired) electrons. The summed E-state index contributed by atoms with van der Waals surface area (Å²) in [7, 11) is -3.79. The van der Waals surface area contributed by atoms with Crippen molar-refractivity contribution in [3.05, 3.63) is 48.3 Å². The Hall–Kier alpha value is -2.98. The molecule has 0 fully saturated rings. The molecular weight excluding hydrogens is 439 g/mol. The van der Waals surface area contributed by atoms with E-state index in [2.05, 4.69) is 5.32 Å². The first-order valence-corrected chi connectivity index (χ1v) is 11.7. The summed E-state index contributed by atoms with van der Waals surface area (Å²) in [6.45, 7) is 5.90. The predicted octanol–water partition coefficient (Wildman–Crippen LogP) is 3.93. The SMILES string of the molecule is CCOC(=O)CCC(=O)Nc1cc(S(=O)(=O)N(CC)CC)ccc1Oc1ccc(F)cc1. The topological polar surface area (TPSA) is 102 Å². The van der Waals surface area contributed by atoms with E-state index in [9.17, 15) is 22.4 Å². The molecule has 0 aliphatic heterocycles. The van der Waals surface area contributed by atoms with Gasteiger partial charge in [0.15, 0.2) is 5.75 Å². The summed E-state index contributed by atoms with van der Waals surface area (Å²) < 4.78 is 50.8. The van der Waals surface area contributed by atoms with Gasteiger partial charge in [0.2, 0.25) is 15.9 Å². The second-order valence-electron chi connectivity index (χ2n) is 6.66. The van der Waals surface area contributed by atoms with Crippen molar-refractivity contribution in [3.63, 3.8) is 0 Å². The van der Waals surface area contributed by atoms with Crippen molar-refractivity contribution < 1.29 is 31.9 Å². The van der Waals surface area contributed by atoms with Crippen LogP contribution < -0.4 is 10.1 Å². The van der Waals surface area contributed by atoms with Crippen LogP contribution in [-0.2, 0) is 24.3 Å². The minimum Gasteiger partial charge on any atom is -0.466 e. The summed E-state index contributed by atoms with van der Waals surface area (Å²) in [5, 5.41) is 2.60. The van der Waals surface area contributed by atoms with Crippen LogP contribution in [0.5, 0.6) is 11.5 Å². The first kappa shape index (κ1) is 25.3. The molecule has 2 aromatic carbocycles. The molecule has 2 aromatic rings. The van der Waals surface area contributed by atoms with Gasteiger partial charge in [0.05, 0.1) is 23.6 Å². The molecule has 0 unspecified atom stereocenters. The van der Waals surface area contributed by atoms with Gasteiger partial charge in [0, 0.05) is 19.5 Å². The molecule has 8 nitrogen and oxygen atoms in total. The number of sulfonamides is 1. The van der Waals surface area contributed by atoms with Crippen molar-refractivity contribution in [2.75, 3.05) is 25.0 Å². The summed E-state index contributed by atoms with van der Waals surface area (Å²) in [4.78, 5) is 23.9. The Bertz CT molecular complexity index is 1040. The zero-order chi connectivity index (χ0) is 23.7. The van der Waals surface area contributed by atoms with Crippen LogP contribution >= 0.6 is 0 Å². The van der Waals surface area contributed by atoms with Crippen LogP contribution in [0, 0.1) is 5.82 Å². The summed E-state index contributed by atoms with van der Waals surface area (Å²) in [6, 6.07) is 9.33. The molecule has 2 rings (SSSR count). The minimum absolute atomic E-state index is 0.0200. The fourth-order valence-corrected chi connectivity index (χ4v) is 4.34. The van der Waals surface area contributed by atoms with Gasteiger partial charge in [-0.15, -0.1) is 0 Å². The van der Waals surface area contributed by atoms with Gasteiger partial charge in [0.25, 0.3) is 0 Å². The number of amides is 1. The number of benzene rings is 2. The highest BCUT2D eigenvalue weighted by Gasteiger charge is 2.23. The molecule has 0 saturated carbocycles. The highest BCUT2D eigenvalue weighted by atomic mass is 32.2. The van der Waals surface area contributed by atoms with E-state index in [1.807, 2.05) is 0 Å². The van der Waals surface area contributed by atoms with Gasteiger partial charge in [-0.05, 0) is 49.4 Å². The van der Waals surface area contributed by atoms with E-state index in [1.165, 1.54) is 46.8 Å². The molecule has 32 heavy (non-hydrogen) atoms. The van der Waals surface area contributed by atoms with Gasteiger partial charge >= 0.3 is 5.97 Å². The lowest BCUT2D eigenvalue weighted by Gasteiger charge is -2.20. The monoisotopic (exact) mass is 466 g/mol. The molecule has 0 saturated heterocycles. The largest absolute Gasteiger partial charge is 0.466 e. The Morgan fingerprint density at radius 3 is 2.25 bits per heavy atom. The lowest BCUT2D eigenvalue weighted by Crippen LogP contribution is -2.30. The van der Waals surface area contributed by atoms with Crippen molar-refractivity contribution in [1.29, 1.82) is 0 Å². The van der Waals surface area contributed by atoms with Crippen molar-refractivity contribution in [2.24, 2.45) is 0 Å². The van der Waals surface area contributed by atoms with Crippen molar-refractivity contribution in [1.82, 2.24) is 4.31 Å². The maximum Gasteiger partial charge on any atom is 0.306 e. The van der Waals surface area contributed by atoms with Gasteiger partial charge in [-0.2, -0.15) is 4.31 Å². The number of ether oxygens (including phenoxy) is 2. The van der Waals surface area contributed by atoms with E-state index in [1.54, 1.807) is 20.8 Å². The van der Waals surface area contributed by atoms with E-state index >= 15 is 0 Å². The van der Waals surface area contributed by atoms with E-state index in [0.29, 0.717) is 5.75 Å². The normalized spacial score (nSPS) is 11.3. The minimum atomic E-state index is -3.79. The van der Waals surface area contributed by atoms with E-state index in [4.69, 9.17) is 9.47 Å². The van der Waals surface area contributed by atoms with Gasteiger partial charge in [-0.3, -0.25) is 9.59 Å². The Kier molecular flexibility index (Phi) is 9.15. The quantitative estimate of drug-likeness (QED) is 0.504. The summed E-state index contributed by atoms with van der Waals surface area (Å²) in [6.07, 6.45) is -0.271. The number of anilines is 1. The Morgan fingerprint density at radius 2 is 1.66 bits per heavy atom. The maximum atomic E-state index is 13.2.